The Hall–Kier alpha value is -0.570. The smallest absolute Gasteiger partial charge is 0.226 e. The lowest BCUT2D eigenvalue weighted by Crippen LogP contribution is -2.38. The zero-order valence-corrected chi connectivity index (χ0v) is 12.4. The van der Waals surface area contributed by atoms with Crippen molar-refractivity contribution >= 4 is 5.91 Å². The molecule has 1 unspecified atom stereocenters. The van der Waals surface area contributed by atoms with Crippen molar-refractivity contribution in [1.29, 1.82) is 0 Å². The van der Waals surface area contributed by atoms with Crippen LogP contribution in [0.25, 0.3) is 0 Å². The maximum Gasteiger partial charge on any atom is 0.226 e. The molecule has 1 N–H and O–H groups in total. The van der Waals surface area contributed by atoms with Crippen LogP contribution in [0.5, 0.6) is 0 Å². The van der Waals surface area contributed by atoms with E-state index in [1.54, 1.807) is 0 Å². The standard InChI is InChI=1S/C15H30N2O/c1-4-14(12-16-2)15(18)17(3)11-10-13-8-6-5-7-9-13/h13-14,16H,4-12H2,1-3H3. The molecule has 1 atom stereocenters. The van der Waals surface area contributed by atoms with Gasteiger partial charge in [-0.15, -0.1) is 0 Å². The summed E-state index contributed by atoms with van der Waals surface area (Å²) in [5.41, 5.74) is 0. The van der Waals surface area contributed by atoms with Crippen molar-refractivity contribution in [1.82, 2.24) is 10.2 Å². The molecule has 1 aliphatic rings. The number of carbonyl (C=O) groups excluding carboxylic acids is 1. The predicted octanol–water partition coefficient (Wildman–Crippen LogP) is 2.66. The van der Waals surface area contributed by atoms with Crippen LogP contribution >= 0.6 is 0 Å². The molecule has 1 saturated carbocycles. The van der Waals surface area contributed by atoms with Crippen molar-refractivity contribution < 1.29 is 4.79 Å². The van der Waals surface area contributed by atoms with E-state index in [-0.39, 0.29) is 5.92 Å². The Morgan fingerprint density at radius 3 is 2.56 bits per heavy atom. The summed E-state index contributed by atoms with van der Waals surface area (Å²) >= 11 is 0. The molecule has 18 heavy (non-hydrogen) atoms. The molecule has 0 saturated heterocycles. The first-order valence-corrected chi connectivity index (χ1v) is 7.58. The molecule has 1 fully saturated rings. The van der Waals surface area contributed by atoms with Gasteiger partial charge in [0.05, 0.1) is 5.92 Å². The van der Waals surface area contributed by atoms with E-state index in [9.17, 15) is 4.79 Å². The minimum Gasteiger partial charge on any atom is -0.345 e. The van der Waals surface area contributed by atoms with Crippen LogP contribution in [-0.4, -0.2) is 38.0 Å². The summed E-state index contributed by atoms with van der Waals surface area (Å²) in [5.74, 6) is 1.31. The van der Waals surface area contributed by atoms with Gasteiger partial charge in [0, 0.05) is 20.1 Å². The Bertz CT molecular complexity index is 237. The predicted molar refractivity (Wildman–Crippen MR) is 76.5 cm³/mol. The fourth-order valence-electron chi connectivity index (χ4n) is 2.93. The molecule has 0 radical (unpaired) electrons. The molecule has 1 amide bonds. The molecule has 0 spiro atoms. The zero-order chi connectivity index (χ0) is 13.4. The first-order chi connectivity index (χ1) is 8.69. The van der Waals surface area contributed by atoms with Crippen molar-refractivity contribution in [3.05, 3.63) is 0 Å². The van der Waals surface area contributed by atoms with Gasteiger partial charge in [0.25, 0.3) is 0 Å². The third kappa shape index (κ3) is 4.97. The van der Waals surface area contributed by atoms with Gasteiger partial charge in [0.1, 0.15) is 0 Å². The third-order valence-corrected chi connectivity index (χ3v) is 4.27. The van der Waals surface area contributed by atoms with Gasteiger partial charge in [-0.25, -0.2) is 0 Å². The van der Waals surface area contributed by atoms with Gasteiger partial charge in [-0.05, 0) is 25.8 Å². The maximum atomic E-state index is 12.2. The molecule has 0 aromatic carbocycles. The number of hydrogen-bond acceptors (Lipinski definition) is 2. The minimum atomic E-state index is 0.145. The topological polar surface area (TPSA) is 32.3 Å². The number of amides is 1. The van der Waals surface area contributed by atoms with Crippen molar-refractivity contribution in [3.8, 4) is 0 Å². The fourth-order valence-corrected chi connectivity index (χ4v) is 2.93. The third-order valence-electron chi connectivity index (χ3n) is 4.27. The highest BCUT2D eigenvalue weighted by Gasteiger charge is 2.21. The van der Waals surface area contributed by atoms with Gasteiger partial charge in [0.15, 0.2) is 0 Å². The lowest BCUT2D eigenvalue weighted by molar-refractivity contribution is -0.134. The summed E-state index contributed by atoms with van der Waals surface area (Å²) in [6.07, 6.45) is 9.04. The van der Waals surface area contributed by atoms with Crippen LogP contribution in [0.3, 0.4) is 0 Å². The number of nitrogens with one attached hydrogen (secondary N) is 1. The van der Waals surface area contributed by atoms with Gasteiger partial charge in [0.2, 0.25) is 5.91 Å². The summed E-state index contributed by atoms with van der Waals surface area (Å²) in [5, 5.41) is 3.11. The average Bonchev–Trinajstić information content (AvgIpc) is 2.42. The summed E-state index contributed by atoms with van der Waals surface area (Å²) < 4.78 is 0. The number of rotatable bonds is 7. The van der Waals surface area contributed by atoms with Crippen molar-refractivity contribution in [2.75, 3.05) is 27.2 Å². The largest absolute Gasteiger partial charge is 0.345 e. The van der Waals surface area contributed by atoms with E-state index in [0.29, 0.717) is 5.91 Å². The van der Waals surface area contributed by atoms with Crippen molar-refractivity contribution in [2.45, 2.75) is 51.9 Å². The fraction of sp³-hybridized carbons (Fsp3) is 0.933. The summed E-state index contributed by atoms with van der Waals surface area (Å²) in [6, 6.07) is 0. The Morgan fingerprint density at radius 1 is 1.33 bits per heavy atom. The van der Waals surface area contributed by atoms with Crippen molar-refractivity contribution in [3.63, 3.8) is 0 Å². The van der Waals surface area contributed by atoms with Gasteiger partial charge in [-0.2, -0.15) is 0 Å². The number of nitrogens with zero attached hydrogens (tertiary/aromatic N) is 1. The Morgan fingerprint density at radius 2 is 2.00 bits per heavy atom. The normalized spacial score (nSPS) is 18.6. The van der Waals surface area contributed by atoms with E-state index in [2.05, 4.69) is 12.2 Å². The molecule has 1 aliphatic carbocycles. The van der Waals surface area contributed by atoms with Crippen LogP contribution in [0.1, 0.15) is 51.9 Å². The van der Waals surface area contributed by atoms with E-state index in [1.165, 1.54) is 38.5 Å². The van der Waals surface area contributed by atoms with Crippen LogP contribution in [0.15, 0.2) is 0 Å². The highest BCUT2D eigenvalue weighted by molar-refractivity contribution is 5.78. The number of carbonyl (C=O) groups is 1. The van der Waals surface area contributed by atoms with Crippen molar-refractivity contribution in [2.24, 2.45) is 11.8 Å². The maximum absolute atomic E-state index is 12.2. The average molecular weight is 254 g/mol. The second kappa shape index (κ2) is 8.52. The van der Waals surface area contributed by atoms with Crippen LogP contribution in [0.4, 0.5) is 0 Å². The van der Waals surface area contributed by atoms with Gasteiger partial charge in [-0.3, -0.25) is 4.79 Å². The highest BCUT2D eigenvalue weighted by Crippen LogP contribution is 2.26. The second-order valence-corrected chi connectivity index (χ2v) is 5.72. The van der Waals surface area contributed by atoms with E-state index in [1.807, 2.05) is 19.0 Å². The van der Waals surface area contributed by atoms with Crippen LogP contribution in [-0.2, 0) is 4.79 Å². The van der Waals surface area contributed by atoms with E-state index < -0.39 is 0 Å². The van der Waals surface area contributed by atoms with E-state index in [4.69, 9.17) is 0 Å². The Labute approximate surface area is 112 Å². The first kappa shape index (κ1) is 15.5. The molecule has 0 heterocycles. The van der Waals surface area contributed by atoms with Crippen LogP contribution in [0, 0.1) is 11.8 Å². The lowest BCUT2D eigenvalue weighted by atomic mass is 9.87. The molecule has 1 rings (SSSR count). The van der Waals surface area contributed by atoms with Gasteiger partial charge >= 0.3 is 0 Å². The zero-order valence-electron chi connectivity index (χ0n) is 12.4. The summed E-state index contributed by atoms with van der Waals surface area (Å²) in [7, 11) is 3.88. The van der Waals surface area contributed by atoms with Gasteiger partial charge in [-0.1, -0.05) is 39.0 Å². The number of hydrogen-bond donors (Lipinski definition) is 1. The Balaban J connectivity index is 2.29. The SMILES string of the molecule is CCC(CNC)C(=O)N(C)CCC1CCCCC1. The second-order valence-electron chi connectivity index (χ2n) is 5.72. The molecule has 0 aromatic heterocycles. The van der Waals surface area contributed by atoms with E-state index >= 15 is 0 Å². The summed E-state index contributed by atoms with van der Waals surface area (Å²) in [4.78, 5) is 14.2. The molecule has 106 valence electrons. The monoisotopic (exact) mass is 254 g/mol. The molecule has 0 aliphatic heterocycles. The molecule has 3 heteroatoms. The molecule has 3 nitrogen and oxygen atoms in total. The quantitative estimate of drug-likeness (QED) is 0.757. The highest BCUT2D eigenvalue weighted by atomic mass is 16.2. The minimum absolute atomic E-state index is 0.145. The Kier molecular flexibility index (Phi) is 7.33. The van der Waals surface area contributed by atoms with Crippen LogP contribution < -0.4 is 5.32 Å². The summed E-state index contributed by atoms with van der Waals surface area (Å²) in [6.45, 7) is 3.82. The van der Waals surface area contributed by atoms with E-state index in [0.717, 1.165) is 25.4 Å². The molecule has 0 aromatic rings. The molecular formula is C15H30N2O. The van der Waals surface area contributed by atoms with Crippen LogP contribution in [0.2, 0.25) is 0 Å². The molecule has 0 bridgehead atoms. The lowest BCUT2D eigenvalue weighted by Gasteiger charge is -2.27. The van der Waals surface area contributed by atoms with Gasteiger partial charge < -0.3 is 10.2 Å². The molecular weight excluding hydrogens is 224 g/mol. The first-order valence-electron chi connectivity index (χ1n) is 7.58.